The zero-order valence-corrected chi connectivity index (χ0v) is 11.0. The third-order valence-electron chi connectivity index (χ3n) is 2.34. The van der Waals surface area contributed by atoms with Crippen LogP contribution in [0.25, 0.3) is 0 Å². The maximum atomic E-state index is 11.0. The van der Waals surface area contributed by atoms with E-state index in [1.807, 2.05) is 0 Å². The minimum absolute atomic E-state index is 0.230. The number of ether oxygens (including phenoxy) is 1. The molecule has 1 unspecified atom stereocenters. The molecule has 0 bridgehead atoms. The Morgan fingerprint density at radius 3 is 2.57 bits per heavy atom. The van der Waals surface area contributed by atoms with Crippen LogP contribution in [0.2, 0.25) is 0 Å². The largest absolute Gasteiger partial charge is 0.468 e. The quantitative estimate of drug-likeness (QED) is 0.590. The van der Waals surface area contributed by atoms with Crippen LogP contribution in [0.4, 0.5) is 0 Å². The van der Waals surface area contributed by atoms with Crippen molar-refractivity contribution in [2.45, 2.75) is 32.0 Å². The maximum absolute atomic E-state index is 11.0. The van der Waals surface area contributed by atoms with Crippen molar-refractivity contribution in [3.8, 4) is 0 Å². The van der Waals surface area contributed by atoms with E-state index in [1.54, 1.807) is 0 Å². The van der Waals surface area contributed by atoms with Crippen molar-refractivity contribution in [3.05, 3.63) is 0 Å². The first-order valence-corrected chi connectivity index (χ1v) is 5.77. The lowest BCUT2D eigenvalue weighted by molar-refractivity contribution is -0.139. The minimum atomic E-state index is -0.250. The first kappa shape index (κ1) is 13.9. The molecule has 14 heavy (non-hydrogen) atoms. The van der Waals surface area contributed by atoms with Crippen molar-refractivity contribution < 1.29 is 9.53 Å². The highest BCUT2D eigenvalue weighted by Gasteiger charge is 2.18. The number of rotatable bonds is 6. The zero-order chi connectivity index (χ0) is 11.2. The van der Waals surface area contributed by atoms with Gasteiger partial charge in [0.1, 0.15) is 4.83 Å². The fourth-order valence-corrected chi connectivity index (χ4v) is 1.29. The van der Waals surface area contributed by atoms with Gasteiger partial charge in [-0.2, -0.15) is 0 Å². The molecule has 1 atom stereocenters. The van der Waals surface area contributed by atoms with Crippen molar-refractivity contribution in [2.24, 2.45) is 5.41 Å². The SMILES string of the molecule is CCC(C)(C)CNCC(Br)C(=O)OC. The summed E-state index contributed by atoms with van der Waals surface area (Å²) in [6.45, 7) is 8.06. The molecule has 0 heterocycles. The Morgan fingerprint density at radius 1 is 1.57 bits per heavy atom. The summed E-state index contributed by atoms with van der Waals surface area (Å²) in [6.07, 6.45) is 1.12. The number of carbonyl (C=O) groups excluding carboxylic acids is 1. The second-order valence-electron chi connectivity index (χ2n) is 4.14. The summed E-state index contributed by atoms with van der Waals surface area (Å²) in [5.41, 5.74) is 0.281. The Labute approximate surface area is 94.7 Å². The number of hydrogen-bond acceptors (Lipinski definition) is 3. The van der Waals surface area contributed by atoms with Gasteiger partial charge in [0, 0.05) is 13.1 Å². The summed E-state index contributed by atoms with van der Waals surface area (Å²) < 4.78 is 4.60. The third-order valence-corrected chi connectivity index (χ3v) is 3.04. The summed E-state index contributed by atoms with van der Waals surface area (Å²) in [5.74, 6) is -0.230. The van der Waals surface area contributed by atoms with Gasteiger partial charge in [0.25, 0.3) is 0 Å². The molecule has 1 N–H and O–H groups in total. The monoisotopic (exact) mass is 265 g/mol. The van der Waals surface area contributed by atoms with Crippen LogP contribution in [0.5, 0.6) is 0 Å². The third kappa shape index (κ3) is 5.60. The smallest absolute Gasteiger partial charge is 0.320 e. The van der Waals surface area contributed by atoms with E-state index in [-0.39, 0.29) is 16.2 Å². The Balaban J connectivity index is 3.69. The Hall–Kier alpha value is -0.0900. The van der Waals surface area contributed by atoms with Crippen molar-refractivity contribution in [1.82, 2.24) is 5.32 Å². The van der Waals surface area contributed by atoms with Crippen molar-refractivity contribution in [2.75, 3.05) is 20.2 Å². The number of nitrogens with one attached hydrogen (secondary N) is 1. The van der Waals surface area contributed by atoms with Gasteiger partial charge in [-0.3, -0.25) is 4.79 Å². The lowest BCUT2D eigenvalue weighted by Crippen LogP contribution is -2.35. The summed E-state index contributed by atoms with van der Waals surface area (Å²) in [7, 11) is 1.40. The fourth-order valence-electron chi connectivity index (χ4n) is 0.873. The number of methoxy groups -OCH3 is 1. The fraction of sp³-hybridized carbons (Fsp3) is 0.900. The van der Waals surface area contributed by atoms with E-state index in [2.05, 4.69) is 46.8 Å². The van der Waals surface area contributed by atoms with E-state index in [9.17, 15) is 4.79 Å². The second-order valence-corrected chi connectivity index (χ2v) is 5.24. The minimum Gasteiger partial charge on any atom is -0.468 e. The Morgan fingerprint density at radius 2 is 2.14 bits per heavy atom. The number of alkyl halides is 1. The maximum Gasteiger partial charge on any atom is 0.320 e. The summed E-state index contributed by atoms with van der Waals surface area (Å²) in [6, 6.07) is 0. The van der Waals surface area contributed by atoms with Crippen LogP contribution in [-0.4, -0.2) is 31.0 Å². The number of hydrogen-bond donors (Lipinski definition) is 1. The highest BCUT2D eigenvalue weighted by atomic mass is 79.9. The lowest BCUT2D eigenvalue weighted by Gasteiger charge is -2.23. The van der Waals surface area contributed by atoms with Crippen molar-refractivity contribution in [1.29, 1.82) is 0 Å². The molecule has 0 amide bonds. The molecule has 0 radical (unpaired) electrons. The molecular formula is C10H20BrNO2. The Bertz CT molecular complexity index is 183. The van der Waals surface area contributed by atoms with Gasteiger partial charge >= 0.3 is 5.97 Å². The molecule has 0 aliphatic carbocycles. The van der Waals surface area contributed by atoms with E-state index in [4.69, 9.17) is 0 Å². The van der Waals surface area contributed by atoms with Crippen LogP contribution >= 0.6 is 15.9 Å². The molecule has 0 rings (SSSR count). The predicted octanol–water partition coefficient (Wildman–Crippen LogP) is 1.95. The molecule has 84 valence electrons. The number of carbonyl (C=O) groups is 1. The van der Waals surface area contributed by atoms with Crippen LogP contribution in [0.1, 0.15) is 27.2 Å². The van der Waals surface area contributed by atoms with Crippen molar-refractivity contribution >= 4 is 21.9 Å². The van der Waals surface area contributed by atoms with E-state index in [0.29, 0.717) is 6.54 Å². The summed E-state index contributed by atoms with van der Waals surface area (Å²) >= 11 is 3.26. The predicted molar refractivity (Wildman–Crippen MR) is 61.7 cm³/mol. The molecule has 0 saturated heterocycles. The number of esters is 1. The van der Waals surface area contributed by atoms with Gasteiger partial charge in [-0.25, -0.2) is 0 Å². The summed E-state index contributed by atoms with van der Waals surface area (Å²) in [5, 5.41) is 3.24. The molecule has 0 aromatic carbocycles. The van der Waals surface area contributed by atoms with E-state index >= 15 is 0 Å². The molecule has 0 saturated carbocycles. The molecule has 0 aliphatic heterocycles. The average Bonchev–Trinajstić information content (AvgIpc) is 2.16. The van der Waals surface area contributed by atoms with Crippen LogP contribution in [-0.2, 0) is 9.53 Å². The molecule has 0 aromatic rings. The average molecular weight is 266 g/mol. The summed E-state index contributed by atoms with van der Waals surface area (Å²) in [4.78, 5) is 10.8. The second kappa shape index (κ2) is 6.40. The van der Waals surface area contributed by atoms with Gasteiger partial charge in [0.2, 0.25) is 0 Å². The normalized spacial score (nSPS) is 13.8. The van der Waals surface area contributed by atoms with Crippen LogP contribution in [0.15, 0.2) is 0 Å². The molecule has 0 aromatic heterocycles. The molecule has 4 heteroatoms. The molecule has 3 nitrogen and oxygen atoms in total. The van der Waals surface area contributed by atoms with Crippen LogP contribution in [0.3, 0.4) is 0 Å². The molecule has 0 aliphatic rings. The van der Waals surface area contributed by atoms with E-state index in [0.717, 1.165) is 13.0 Å². The van der Waals surface area contributed by atoms with Gasteiger partial charge in [0.05, 0.1) is 7.11 Å². The van der Waals surface area contributed by atoms with Crippen LogP contribution < -0.4 is 5.32 Å². The van der Waals surface area contributed by atoms with E-state index in [1.165, 1.54) is 7.11 Å². The van der Waals surface area contributed by atoms with Gasteiger partial charge in [0.15, 0.2) is 0 Å². The zero-order valence-electron chi connectivity index (χ0n) is 9.39. The van der Waals surface area contributed by atoms with Crippen molar-refractivity contribution in [3.63, 3.8) is 0 Å². The number of halogens is 1. The first-order valence-electron chi connectivity index (χ1n) is 4.85. The topological polar surface area (TPSA) is 38.3 Å². The molecule has 0 fully saturated rings. The van der Waals surface area contributed by atoms with Gasteiger partial charge in [-0.05, 0) is 11.8 Å². The molecular weight excluding hydrogens is 246 g/mol. The highest BCUT2D eigenvalue weighted by Crippen LogP contribution is 2.17. The van der Waals surface area contributed by atoms with Gasteiger partial charge in [-0.1, -0.05) is 36.7 Å². The molecule has 0 spiro atoms. The first-order chi connectivity index (χ1) is 6.43. The Kier molecular flexibility index (Phi) is 6.36. The van der Waals surface area contributed by atoms with E-state index < -0.39 is 0 Å². The van der Waals surface area contributed by atoms with Crippen LogP contribution in [0, 0.1) is 5.41 Å². The standard InChI is InChI=1S/C10H20BrNO2/c1-5-10(2,3)7-12-6-8(11)9(13)14-4/h8,12H,5-7H2,1-4H3. The van der Waals surface area contributed by atoms with Gasteiger partial charge in [-0.15, -0.1) is 0 Å². The highest BCUT2D eigenvalue weighted by molar-refractivity contribution is 9.10. The van der Waals surface area contributed by atoms with Gasteiger partial charge < -0.3 is 10.1 Å². The lowest BCUT2D eigenvalue weighted by atomic mass is 9.90.